The summed E-state index contributed by atoms with van der Waals surface area (Å²) in [5, 5.41) is 3.55. The van der Waals surface area contributed by atoms with Crippen LogP contribution >= 0.6 is 0 Å². The number of fused-ring (bicyclic) bond motifs is 1. The molecule has 1 aliphatic heterocycles. The molecule has 0 aromatic carbocycles. The predicted octanol–water partition coefficient (Wildman–Crippen LogP) is 3.46. The van der Waals surface area contributed by atoms with Crippen molar-refractivity contribution >= 4 is 5.82 Å². The Hall–Kier alpha value is -1.16. The molecule has 1 aromatic rings. The zero-order chi connectivity index (χ0) is 14.5. The van der Waals surface area contributed by atoms with Gasteiger partial charge in [0.25, 0.3) is 0 Å². The van der Waals surface area contributed by atoms with Crippen LogP contribution in [0.1, 0.15) is 68.4 Å². The molecule has 1 aliphatic carbocycles. The van der Waals surface area contributed by atoms with E-state index in [4.69, 9.17) is 14.7 Å². The topological polar surface area (TPSA) is 47.0 Å². The van der Waals surface area contributed by atoms with Crippen LogP contribution in [0.25, 0.3) is 0 Å². The highest BCUT2D eigenvalue weighted by Gasteiger charge is 2.23. The minimum absolute atomic E-state index is 0.481. The van der Waals surface area contributed by atoms with Gasteiger partial charge >= 0.3 is 0 Å². The zero-order valence-electron chi connectivity index (χ0n) is 13.2. The van der Waals surface area contributed by atoms with Crippen LogP contribution in [0.3, 0.4) is 0 Å². The third-order valence-corrected chi connectivity index (χ3v) is 4.58. The lowest BCUT2D eigenvalue weighted by Gasteiger charge is -2.23. The van der Waals surface area contributed by atoms with Crippen molar-refractivity contribution in [1.82, 2.24) is 9.97 Å². The number of anilines is 1. The summed E-state index contributed by atoms with van der Waals surface area (Å²) in [5.74, 6) is 2.65. The van der Waals surface area contributed by atoms with Gasteiger partial charge in [0.2, 0.25) is 0 Å². The van der Waals surface area contributed by atoms with Gasteiger partial charge in [0.05, 0.1) is 0 Å². The second-order valence-electron chi connectivity index (χ2n) is 6.23. The maximum Gasteiger partial charge on any atom is 0.134 e. The normalized spacial score (nSPS) is 19.9. The predicted molar refractivity (Wildman–Crippen MR) is 84.9 cm³/mol. The summed E-state index contributed by atoms with van der Waals surface area (Å²) in [6, 6.07) is 0. The number of nitrogens with one attached hydrogen (secondary N) is 1. The van der Waals surface area contributed by atoms with Gasteiger partial charge in [-0.3, -0.25) is 0 Å². The Morgan fingerprint density at radius 3 is 2.71 bits per heavy atom. The first kappa shape index (κ1) is 14.8. The highest BCUT2D eigenvalue weighted by Crippen LogP contribution is 2.30. The summed E-state index contributed by atoms with van der Waals surface area (Å²) in [6.07, 6.45) is 9.36. The van der Waals surface area contributed by atoms with Gasteiger partial charge < -0.3 is 10.1 Å². The number of aryl methyl sites for hydroxylation is 1. The molecule has 0 amide bonds. The first-order valence-corrected chi connectivity index (χ1v) is 8.59. The maximum absolute atomic E-state index is 5.48. The monoisotopic (exact) mass is 289 g/mol. The van der Waals surface area contributed by atoms with Crippen molar-refractivity contribution in [2.24, 2.45) is 0 Å². The summed E-state index contributed by atoms with van der Waals surface area (Å²) in [4.78, 5) is 9.87. The maximum atomic E-state index is 5.48. The van der Waals surface area contributed by atoms with Gasteiger partial charge in [-0.1, -0.05) is 13.3 Å². The van der Waals surface area contributed by atoms with Crippen molar-refractivity contribution in [3.05, 3.63) is 17.1 Å². The van der Waals surface area contributed by atoms with Crippen molar-refractivity contribution in [3.8, 4) is 0 Å². The summed E-state index contributed by atoms with van der Waals surface area (Å²) < 4.78 is 5.48. The first-order valence-electron chi connectivity index (χ1n) is 8.59. The van der Waals surface area contributed by atoms with Gasteiger partial charge in [0.1, 0.15) is 11.6 Å². The molecule has 0 atom stereocenters. The van der Waals surface area contributed by atoms with Crippen LogP contribution in [0.2, 0.25) is 0 Å². The molecule has 2 heterocycles. The fraction of sp³-hybridized carbons (Fsp3) is 0.765. The molecule has 0 saturated carbocycles. The minimum atomic E-state index is 0.481. The Morgan fingerprint density at radius 2 is 1.90 bits per heavy atom. The van der Waals surface area contributed by atoms with Crippen molar-refractivity contribution in [2.45, 2.75) is 64.2 Å². The zero-order valence-corrected chi connectivity index (χ0v) is 13.2. The number of nitrogens with zero attached hydrogens (tertiary/aromatic N) is 2. The fourth-order valence-corrected chi connectivity index (χ4v) is 3.32. The van der Waals surface area contributed by atoms with Crippen LogP contribution in [0.5, 0.6) is 0 Å². The lowest BCUT2D eigenvalue weighted by molar-refractivity contribution is 0.0835. The summed E-state index contributed by atoms with van der Waals surface area (Å²) >= 11 is 0. The van der Waals surface area contributed by atoms with Crippen LogP contribution in [0.15, 0.2) is 0 Å². The van der Waals surface area contributed by atoms with Gasteiger partial charge in [-0.15, -0.1) is 0 Å². The molecule has 21 heavy (non-hydrogen) atoms. The van der Waals surface area contributed by atoms with Crippen molar-refractivity contribution in [3.63, 3.8) is 0 Å². The molecular weight excluding hydrogens is 262 g/mol. The summed E-state index contributed by atoms with van der Waals surface area (Å²) in [6.45, 7) is 4.90. The van der Waals surface area contributed by atoms with E-state index in [-0.39, 0.29) is 0 Å². The van der Waals surface area contributed by atoms with Gasteiger partial charge in [0, 0.05) is 36.9 Å². The second-order valence-corrected chi connectivity index (χ2v) is 6.23. The van der Waals surface area contributed by atoms with Crippen molar-refractivity contribution in [2.75, 3.05) is 25.1 Å². The molecule has 116 valence electrons. The van der Waals surface area contributed by atoms with E-state index in [9.17, 15) is 0 Å². The van der Waals surface area contributed by atoms with E-state index < -0.39 is 0 Å². The van der Waals surface area contributed by atoms with Gasteiger partial charge in [-0.25, -0.2) is 9.97 Å². The molecule has 1 N–H and O–H groups in total. The summed E-state index contributed by atoms with van der Waals surface area (Å²) in [7, 11) is 0. The molecule has 0 radical (unpaired) electrons. The van der Waals surface area contributed by atoms with E-state index >= 15 is 0 Å². The van der Waals surface area contributed by atoms with Crippen LogP contribution < -0.4 is 5.32 Å². The van der Waals surface area contributed by atoms with E-state index in [2.05, 4.69) is 12.2 Å². The number of aromatic nitrogens is 2. The third-order valence-electron chi connectivity index (χ3n) is 4.58. The molecule has 3 rings (SSSR count). The first-order chi connectivity index (χ1) is 10.4. The van der Waals surface area contributed by atoms with Gasteiger partial charge in [-0.05, 0) is 44.9 Å². The van der Waals surface area contributed by atoms with E-state index in [0.29, 0.717) is 5.92 Å². The molecule has 1 fully saturated rings. The Morgan fingerprint density at radius 1 is 1.10 bits per heavy atom. The molecule has 0 unspecified atom stereocenters. The SMILES string of the molecule is CCCNc1nc(C2CCOCC2)nc2c1CCCCC2. The third kappa shape index (κ3) is 3.54. The molecule has 1 aromatic heterocycles. The standard InChI is InChI=1S/C17H27N3O/c1-2-10-18-17-14-6-4-3-5-7-15(14)19-16(20-17)13-8-11-21-12-9-13/h13H,2-12H2,1H3,(H,18,19,20). The number of hydrogen-bond donors (Lipinski definition) is 1. The van der Waals surface area contributed by atoms with Crippen LogP contribution in [0, 0.1) is 0 Å². The minimum Gasteiger partial charge on any atom is -0.381 e. The molecule has 2 aliphatic rings. The van der Waals surface area contributed by atoms with E-state index in [0.717, 1.165) is 63.5 Å². The van der Waals surface area contributed by atoms with Gasteiger partial charge in [-0.2, -0.15) is 0 Å². The van der Waals surface area contributed by atoms with E-state index in [1.54, 1.807) is 0 Å². The van der Waals surface area contributed by atoms with Crippen molar-refractivity contribution < 1.29 is 4.74 Å². The fourth-order valence-electron chi connectivity index (χ4n) is 3.32. The van der Waals surface area contributed by atoms with Crippen molar-refractivity contribution in [1.29, 1.82) is 0 Å². The molecule has 0 bridgehead atoms. The Bertz CT molecular complexity index is 469. The number of rotatable bonds is 4. The molecule has 1 saturated heterocycles. The Balaban J connectivity index is 1.91. The smallest absolute Gasteiger partial charge is 0.134 e. The van der Waals surface area contributed by atoms with E-state index in [1.165, 1.54) is 30.5 Å². The molecular formula is C17H27N3O. The van der Waals surface area contributed by atoms with Crippen LogP contribution in [-0.2, 0) is 17.6 Å². The average Bonchev–Trinajstić information content (AvgIpc) is 2.78. The number of ether oxygens (including phenoxy) is 1. The highest BCUT2D eigenvalue weighted by molar-refractivity contribution is 5.47. The molecule has 4 heteroatoms. The van der Waals surface area contributed by atoms with Crippen LogP contribution in [0.4, 0.5) is 5.82 Å². The van der Waals surface area contributed by atoms with E-state index in [1.807, 2.05) is 0 Å². The largest absolute Gasteiger partial charge is 0.381 e. The summed E-state index contributed by atoms with van der Waals surface area (Å²) in [5.41, 5.74) is 2.69. The lowest BCUT2D eigenvalue weighted by atomic mass is 9.98. The second kappa shape index (κ2) is 7.21. The van der Waals surface area contributed by atoms with Gasteiger partial charge in [0.15, 0.2) is 0 Å². The molecule has 4 nitrogen and oxygen atoms in total. The molecule has 0 spiro atoms. The quantitative estimate of drug-likeness (QED) is 0.862. The number of hydrogen-bond acceptors (Lipinski definition) is 4. The lowest BCUT2D eigenvalue weighted by Crippen LogP contribution is -2.19. The average molecular weight is 289 g/mol. The Labute approximate surface area is 127 Å². The highest BCUT2D eigenvalue weighted by atomic mass is 16.5. The van der Waals surface area contributed by atoms with Crippen LogP contribution in [-0.4, -0.2) is 29.7 Å². The Kier molecular flexibility index (Phi) is 5.07.